The van der Waals surface area contributed by atoms with Gasteiger partial charge in [-0.3, -0.25) is 4.79 Å². The van der Waals surface area contributed by atoms with E-state index in [1.54, 1.807) is 6.08 Å². The summed E-state index contributed by atoms with van der Waals surface area (Å²) in [5, 5.41) is 8.81. The molecule has 2 rings (SSSR count). The van der Waals surface area contributed by atoms with Crippen molar-refractivity contribution in [1.82, 2.24) is 0 Å². The van der Waals surface area contributed by atoms with Crippen LogP contribution >= 0.6 is 0 Å². The molecule has 3 nitrogen and oxygen atoms in total. The number of aliphatic hydroxyl groups is 1. The summed E-state index contributed by atoms with van der Waals surface area (Å²) in [6.45, 7) is 25.0. The van der Waals surface area contributed by atoms with E-state index in [1.807, 2.05) is 25.2 Å². The predicted octanol–water partition coefficient (Wildman–Crippen LogP) is 17.1. The van der Waals surface area contributed by atoms with Gasteiger partial charge in [0.2, 0.25) is 0 Å². The molecule has 0 fully saturated rings. The molecule has 0 bridgehead atoms. The number of ether oxygens (including phenoxy) is 1. The van der Waals surface area contributed by atoms with Crippen molar-refractivity contribution in [2.24, 2.45) is 10.8 Å². The molecule has 3 heteroatoms. The molecule has 0 aromatic rings. The number of allylic oxidation sites excluding steroid dienone is 18. The quantitative estimate of drug-likeness (QED) is 0.0568. The van der Waals surface area contributed by atoms with Crippen molar-refractivity contribution in [2.75, 3.05) is 13.2 Å². The molecule has 0 spiro atoms. The maximum absolute atomic E-state index is 12.0. The van der Waals surface area contributed by atoms with Crippen LogP contribution in [0, 0.1) is 10.8 Å². The summed E-state index contributed by atoms with van der Waals surface area (Å²) in [5.41, 5.74) is 11.3. The molecule has 0 unspecified atom stereocenters. The molecule has 2 aliphatic rings. The number of carbonyl (C=O) groups excluding carboxylic acids is 1. The van der Waals surface area contributed by atoms with Gasteiger partial charge in [0.15, 0.2) is 0 Å². The van der Waals surface area contributed by atoms with E-state index in [0.29, 0.717) is 18.4 Å². The molecule has 2 aliphatic carbocycles. The minimum atomic E-state index is -0.0720. The van der Waals surface area contributed by atoms with E-state index in [9.17, 15) is 4.79 Å². The fourth-order valence-electron chi connectivity index (χ4n) is 8.17. The van der Waals surface area contributed by atoms with Crippen molar-refractivity contribution in [3.63, 3.8) is 0 Å². The van der Waals surface area contributed by atoms with Crippen molar-refractivity contribution >= 4 is 5.97 Å². The lowest BCUT2D eigenvalue weighted by Crippen LogP contribution is -2.19. The molecule has 0 heterocycles. The number of unbranched alkanes of at least 4 members (excludes halogenated alkanes) is 12. The Morgan fingerprint density at radius 3 is 1.41 bits per heavy atom. The first-order valence-corrected chi connectivity index (χ1v) is 23.7. The summed E-state index contributed by atoms with van der Waals surface area (Å²) >= 11 is 0. The maximum Gasteiger partial charge on any atom is 0.306 e. The number of hydrogen-bond acceptors (Lipinski definition) is 3. The molecule has 0 radical (unpaired) electrons. The average molecular weight is 811 g/mol. The summed E-state index contributed by atoms with van der Waals surface area (Å²) in [6.07, 6.45) is 50.6. The Kier molecular flexibility index (Phi) is 28.9. The Morgan fingerprint density at radius 2 is 1.00 bits per heavy atom. The second-order valence-electron chi connectivity index (χ2n) is 18.8. The predicted molar refractivity (Wildman–Crippen MR) is 261 cm³/mol. The topological polar surface area (TPSA) is 46.5 Å². The van der Waals surface area contributed by atoms with Gasteiger partial charge in [-0.15, -0.1) is 0 Å². The van der Waals surface area contributed by atoms with Crippen molar-refractivity contribution < 1.29 is 14.6 Å². The molecule has 1 N–H and O–H groups in total. The third-order valence-corrected chi connectivity index (χ3v) is 12.1. The Hall–Kier alpha value is -3.17. The van der Waals surface area contributed by atoms with Gasteiger partial charge in [0.1, 0.15) is 6.61 Å². The summed E-state index contributed by atoms with van der Waals surface area (Å²) in [6, 6.07) is 0. The molecule has 0 saturated heterocycles. The normalized spacial score (nSPS) is 18.2. The van der Waals surface area contributed by atoms with Crippen LogP contribution in [0.2, 0.25) is 0 Å². The van der Waals surface area contributed by atoms with Gasteiger partial charge in [0.25, 0.3) is 0 Å². The van der Waals surface area contributed by atoms with Crippen LogP contribution in [0.15, 0.2) is 117 Å². The highest BCUT2D eigenvalue weighted by atomic mass is 16.5. The lowest BCUT2D eigenvalue weighted by molar-refractivity contribution is -0.142. The monoisotopic (exact) mass is 811 g/mol. The van der Waals surface area contributed by atoms with Gasteiger partial charge >= 0.3 is 5.97 Å². The maximum atomic E-state index is 12.0. The Balaban J connectivity index is 0.000000697. The Bertz CT molecular complexity index is 1520. The van der Waals surface area contributed by atoms with E-state index >= 15 is 0 Å². The van der Waals surface area contributed by atoms with E-state index in [2.05, 4.69) is 118 Å². The van der Waals surface area contributed by atoms with Crippen LogP contribution in [-0.2, 0) is 9.53 Å². The molecule has 0 aromatic heterocycles. The van der Waals surface area contributed by atoms with Gasteiger partial charge in [-0.2, -0.15) is 0 Å². The minimum absolute atomic E-state index is 0.0720. The summed E-state index contributed by atoms with van der Waals surface area (Å²) < 4.78 is 5.40. The number of hydrogen-bond donors (Lipinski definition) is 1. The summed E-state index contributed by atoms with van der Waals surface area (Å²) in [5.74, 6) is -0.0720. The number of aliphatic hydroxyl groups excluding tert-OH is 1. The van der Waals surface area contributed by atoms with Crippen molar-refractivity contribution in [2.45, 2.75) is 205 Å². The second-order valence-corrected chi connectivity index (χ2v) is 18.8. The molecule has 332 valence electrons. The highest BCUT2D eigenvalue weighted by Gasteiger charge is 2.27. The lowest BCUT2D eigenvalue weighted by Gasteiger charge is -2.33. The smallest absolute Gasteiger partial charge is 0.306 e. The van der Waals surface area contributed by atoms with Crippen LogP contribution in [0.5, 0.6) is 0 Å². The molecular weight excluding hydrogens is 721 g/mol. The van der Waals surface area contributed by atoms with Crippen LogP contribution in [0.3, 0.4) is 0 Å². The third-order valence-electron chi connectivity index (χ3n) is 12.1. The first-order chi connectivity index (χ1) is 28.1. The fraction of sp³-hybridized carbons (Fsp3) is 0.625. The van der Waals surface area contributed by atoms with Crippen LogP contribution in [-0.4, -0.2) is 24.3 Å². The summed E-state index contributed by atoms with van der Waals surface area (Å²) in [4.78, 5) is 12.0. The molecule has 0 aliphatic heterocycles. The second kappa shape index (κ2) is 31.7. The number of esters is 1. The van der Waals surface area contributed by atoms with E-state index < -0.39 is 0 Å². The fourth-order valence-corrected chi connectivity index (χ4v) is 8.17. The Morgan fingerprint density at radius 1 is 0.593 bits per heavy atom. The molecule has 59 heavy (non-hydrogen) atoms. The van der Waals surface area contributed by atoms with Crippen LogP contribution in [0.25, 0.3) is 0 Å². The van der Waals surface area contributed by atoms with Gasteiger partial charge in [0.05, 0.1) is 6.61 Å². The van der Waals surface area contributed by atoms with Crippen LogP contribution in [0.1, 0.15) is 205 Å². The van der Waals surface area contributed by atoms with Gasteiger partial charge in [-0.05, 0) is 115 Å². The van der Waals surface area contributed by atoms with Gasteiger partial charge in [0, 0.05) is 6.42 Å². The average Bonchev–Trinajstić information content (AvgIpc) is 3.16. The van der Waals surface area contributed by atoms with E-state index in [-0.39, 0.29) is 18.0 Å². The summed E-state index contributed by atoms with van der Waals surface area (Å²) in [7, 11) is 0. The zero-order valence-corrected chi connectivity index (χ0v) is 40.2. The van der Waals surface area contributed by atoms with Gasteiger partial charge < -0.3 is 9.84 Å². The first-order valence-electron chi connectivity index (χ1n) is 23.7. The molecule has 0 aromatic carbocycles. The van der Waals surface area contributed by atoms with Crippen LogP contribution < -0.4 is 0 Å². The molecular formula is C56H90O3. The van der Waals surface area contributed by atoms with Crippen molar-refractivity contribution in [3.8, 4) is 0 Å². The standard InChI is InChI=1S/C36H60O2.C20H30O/c1-7-8-9-10-11-12-13-14-15-16-17-18-19-25-35(37)38-30-28-32(3)23-20-22-31(2)26-27-34-33(4)24-21-29-36(34,5)6;1-16(8-6-9-17(2)13-15-21)11-12-19-18(3)10-7-14-20(19,4)5/h20,22-23,26-28H,7-19,21,24-25,29-30H2,1-6H3;6,8-9,11-13,21H,7,10,14-15H2,1-5H3. The van der Waals surface area contributed by atoms with Crippen molar-refractivity contribution in [1.29, 1.82) is 0 Å². The highest BCUT2D eigenvalue weighted by molar-refractivity contribution is 5.69. The van der Waals surface area contributed by atoms with Crippen LogP contribution in [0.4, 0.5) is 0 Å². The van der Waals surface area contributed by atoms with Crippen molar-refractivity contribution in [3.05, 3.63) is 117 Å². The largest absolute Gasteiger partial charge is 0.461 e. The lowest BCUT2D eigenvalue weighted by atomic mass is 9.72. The van der Waals surface area contributed by atoms with E-state index in [4.69, 9.17) is 9.84 Å². The zero-order chi connectivity index (χ0) is 43.9. The van der Waals surface area contributed by atoms with E-state index in [1.165, 1.54) is 143 Å². The first kappa shape index (κ1) is 53.8. The Labute approximate surface area is 365 Å². The SMILES string of the molecule is CC(C=CC1=C(C)CCCC1(C)C)=CC=CC(C)=CCO.CCCCCCCCCCCCCCCC(=O)OCC=C(C)C=CC=C(C)C=CC1=C(C)CCCC1(C)C. The number of carbonyl (C=O) groups is 1. The third kappa shape index (κ3) is 25.9. The minimum Gasteiger partial charge on any atom is -0.461 e. The zero-order valence-electron chi connectivity index (χ0n) is 40.2. The molecule has 0 amide bonds. The van der Waals surface area contributed by atoms with Gasteiger partial charge in [-0.1, -0.05) is 212 Å². The molecule has 0 atom stereocenters. The number of rotatable bonds is 25. The van der Waals surface area contributed by atoms with E-state index in [0.717, 1.165) is 24.0 Å². The van der Waals surface area contributed by atoms with Gasteiger partial charge in [-0.25, -0.2) is 0 Å². The molecule has 0 saturated carbocycles. The highest BCUT2D eigenvalue weighted by Crippen LogP contribution is 2.41.